The summed E-state index contributed by atoms with van der Waals surface area (Å²) in [5.74, 6) is -1.60. The molecule has 0 bridgehead atoms. The molecule has 2 aromatic carbocycles. The fourth-order valence-corrected chi connectivity index (χ4v) is 2.95. The molecule has 0 aromatic heterocycles. The van der Waals surface area contributed by atoms with Crippen LogP contribution in [-0.2, 0) is 20.7 Å². The standard InChI is InChI=1S/C20H19NO5/c1-12-8-9-13-11-20(2,26-18(23)15(13)10-12)19(24)21-16-7-5-4-6-14(16)17(22)25-3/h4-10H,11H2,1-3H3,(H,21,24)/t20-/m0/s1. The van der Waals surface area contributed by atoms with Crippen LogP contribution in [0.5, 0.6) is 0 Å². The minimum atomic E-state index is -1.37. The molecule has 0 saturated heterocycles. The molecule has 0 saturated carbocycles. The number of benzene rings is 2. The number of para-hydroxylation sites is 1. The van der Waals surface area contributed by atoms with E-state index in [9.17, 15) is 14.4 Å². The van der Waals surface area contributed by atoms with E-state index in [1.807, 2.05) is 19.1 Å². The van der Waals surface area contributed by atoms with Crippen LogP contribution in [0.4, 0.5) is 5.69 Å². The van der Waals surface area contributed by atoms with Crippen molar-refractivity contribution in [3.8, 4) is 0 Å². The summed E-state index contributed by atoms with van der Waals surface area (Å²) in [6.45, 7) is 3.45. The van der Waals surface area contributed by atoms with Gasteiger partial charge in [0.2, 0.25) is 0 Å². The number of amides is 1. The van der Waals surface area contributed by atoms with E-state index in [-0.39, 0.29) is 12.0 Å². The molecule has 1 aliphatic heterocycles. The summed E-state index contributed by atoms with van der Waals surface area (Å²) in [6, 6.07) is 12.0. The van der Waals surface area contributed by atoms with Gasteiger partial charge in [0.1, 0.15) is 0 Å². The molecule has 0 aliphatic carbocycles. The molecule has 26 heavy (non-hydrogen) atoms. The second-order valence-electron chi connectivity index (χ2n) is 6.45. The van der Waals surface area contributed by atoms with Gasteiger partial charge >= 0.3 is 11.9 Å². The van der Waals surface area contributed by atoms with E-state index in [1.54, 1.807) is 37.3 Å². The van der Waals surface area contributed by atoms with Crippen LogP contribution in [0.3, 0.4) is 0 Å². The molecule has 1 N–H and O–H groups in total. The molecule has 134 valence electrons. The van der Waals surface area contributed by atoms with E-state index in [4.69, 9.17) is 9.47 Å². The highest BCUT2D eigenvalue weighted by Crippen LogP contribution is 2.30. The molecule has 2 aromatic rings. The van der Waals surface area contributed by atoms with Crippen LogP contribution in [0.25, 0.3) is 0 Å². The maximum absolute atomic E-state index is 12.8. The number of methoxy groups -OCH3 is 1. The van der Waals surface area contributed by atoms with Gasteiger partial charge < -0.3 is 14.8 Å². The second kappa shape index (κ2) is 6.63. The number of anilines is 1. The Morgan fingerprint density at radius 2 is 1.92 bits per heavy atom. The molecule has 6 nitrogen and oxygen atoms in total. The van der Waals surface area contributed by atoms with Crippen molar-refractivity contribution >= 4 is 23.5 Å². The van der Waals surface area contributed by atoms with Gasteiger partial charge in [-0.05, 0) is 37.6 Å². The Morgan fingerprint density at radius 3 is 2.65 bits per heavy atom. The van der Waals surface area contributed by atoms with Crippen molar-refractivity contribution < 1.29 is 23.9 Å². The molecule has 1 heterocycles. The number of hydrogen-bond acceptors (Lipinski definition) is 5. The summed E-state index contributed by atoms with van der Waals surface area (Å²) in [7, 11) is 1.27. The lowest BCUT2D eigenvalue weighted by Gasteiger charge is -2.33. The monoisotopic (exact) mass is 353 g/mol. The molecule has 0 spiro atoms. The Labute approximate surface area is 151 Å². The van der Waals surface area contributed by atoms with Crippen LogP contribution in [0.15, 0.2) is 42.5 Å². The number of carbonyl (C=O) groups is 3. The molecule has 3 rings (SSSR count). The summed E-state index contributed by atoms with van der Waals surface area (Å²) in [5, 5.41) is 2.68. The van der Waals surface area contributed by atoms with E-state index in [0.29, 0.717) is 11.3 Å². The number of hydrogen-bond donors (Lipinski definition) is 1. The highest BCUT2D eigenvalue weighted by molar-refractivity contribution is 6.06. The first-order chi connectivity index (χ1) is 12.3. The topological polar surface area (TPSA) is 81.7 Å². The van der Waals surface area contributed by atoms with Crippen molar-refractivity contribution in [1.29, 1.82) is 0 Å². The number of nitrogens with one attached hydrogen (secondary N) is 1. The van der Waals surface area contributed by atoms with Crippen molar-refractivity contribution in [2.24, 2.45) is 0 Å². The second-order valence-corrected chi connectivity index (χ2v) is 6.45. The Morgan fingerprint density at radius 1 is 1.19 bits per heavy atom. The number of carbonyl (C=O) groups excluding carboxylic acids is 3. The van der Waals surface area contributed by atoms with Gasteiger partial charge in [0.15, 0.2) is 5.60 Å². The zero-order chi connectivity index (χ0) is 18.9. The third-order valence-corrected chi connectivity index (χ3v) is 4.39. The number of esters is 2. The summed E-state index contributed by atoms with van der Waals surface area (Å²) in [5.41, 5.74) is 1.33. The highest BCUT2D eigenvalue weighted by Gasteiger charge is 2.43. The molecular weight excluding hydrogens is 334 g/mol. The first kappa shape index (κ1) is 17.7. The van der Waals surface area contributed by atoms with Crippen LogP contribution in [0.2, 0.25) is 0 Å². The third kappa shape index (κ3) is 3.18. The first-order valence-electron chi connectivity index (χ1n) is 8.16. The fraction of sp³-hybridized carbons (Fsp3) is 0.250. The molecule has 1 aliphatic rings. The zero-order valence-electron chi connectivity index (χ0n) is 14.8. The maximum atomic E-state index is 12.8. The van der Waals surface area contributed by atoms with Crippen LogP contribution in [0, 0.1) is 6.92 Å². The van der Waals surface area contributed by atoms with Gasteiger partial charge in [0.25, 0.3) is 5.91 Å². The van der Waals surface area contributed by atoms with E-state index < -0.39 is 23.4 Å². The van der Waals surface area contributed by atoms with Crippen molar-refractivity contribution in [1.82, 2.24) is 0 Å². The van der Waals surface area contributed by atoms with Crippen molar-refractivity contribution in [3.05, 3.63) is 64.7 Å². The predicted molar refractivity (Wildman–Crippen MR) is 95.1 cm³/mol. The summed E-state index contributed by atoms with van der Waals surface area (Å²) in [4.78, 5) is 37.1. The van der Waals surface area contributed by atoms with Crippen LogP contribution in [0.1, 0.15) is 38.8 Å². The summed E-state index contributed by atoms with van der Waals surface area (Å²) >= 11 is 0. The van der Waals surface area contributed by atoms with Gasteiger partial charge in [0.05, 0.1) is 23.9 Å². The van der Waals surface area contributed by atoms with Gasteiger partial charge in [-0.1, -0.05) is 29.8 Å². The minimum absolute atomic E-state index is 0.227. The number of aryl methyl sites for hydroxylation is 1. The van der Waals surface area contributed by atoms with E-state index in [2.05, 4.69) is 5.32 Å². The van der Waals surface area contributed by atoms with Gasteiger partial charge in [-0.15, -0.1) is 0 Å². The molecule has 0 radical (unpaired) electrons. The lowest BCUT2D eigenvalue weighted by molar-refractivity contribution is -0.134. The van der Waals surface area contributed by atoms with Crippen molar-refractivity contribution in [2.75, 3.05) is 12.4 Å². The Kier molecular flexibility index (Phi) is 4.50. The number of cyclic esters (lactones) is 1. The van der Waals surface area contributed by atoms with Crippen molar-refractivity contribution in [2.45, 2.75) is 25.9 Å². The van der Waals surface area contributed by atoms with Crippen molar-refractivity contribution in [3.63, 3.8) is 0 Å². The smallest absolute Gasteiger partial charge is 0.339 e. The Balaban J connectivity index is 1.88. The maximum Gasteiger partial charge on any atom is 0.339 e. The normalized spacial score (nSPS) is 18.5. The molecule has 0 fully saturated rings. The summed E-state index contributed by atoms with van der Waals surface area (Å²) < 4.78 is 10.2. The first-order valence-corrected chi connectivity index (χ1v) is 8.16. The summed E-state index contributed by atoms with van der Waals surface area (Å²) in [6.07, 6.45) is 0.251. The average Bonchev–Trinajstić information content (AvgIpc) is 2.62. The molecular formula is C20H19NO5. The SMILES string of the molecule is COC(=O)c1ccccc1NC(=O)[C@]1(C)Cc2ccc(C)cc2C(=O)O1. The lowest BCUT2D eigenvalue weighted by atomic mass is 9.88. The average molecular weight is 353 g/mol. The zero-order valence-corrected chi connectivity index (χ0v) is 14.8. The number of fused-ring (bicyclic) bond motifs is 1. The highest BCUT2D eigenvalue weighted by atomic mass is 16.6. The van der Waals surface area contributed by atoms with Gasteiger partial charge in [0, 0.05) is 6.42 Å². The molecule has 1 atom stereocenters. The molecule has 0 unspecified atom stereocenters. The van der Waals surface area contributed by atoms with E-state index in [0.717, 1.165) is 11.1 Å². The van der Waals surface area contributed by atoms with E-state index in [1.165, 1.54) is 7.11 Å². The lowest BCUT2D eigenvalue weighted by Crippen LogP contribution is -2.49. The number of ether oxygens (including phenoxy) is 2. The Hall–Kier alpha value is -3.15. The third-order valence-electron chi connectivity index (χ3n) is 4.39. The minimum Gasteiger partial charge on any atom is -0.465 e. The molecule has 6 heteroatoms. The van der Waals surface area contributed by atoms with Gasteiger partial charge in [-0.2, -0.15) is 0 Å². The predicted octanol–water partition coefficient (Wildman–Crippen LogP) is 2.89. The molecule has 1 amide bonds. The Bertz CT molecular complexity index is 905. The van der Waals surface area contributed by atoms with Gasteiger partial charge in [-0.25, -0.2) is 9.59 Å². The van der Waals surface area contributed by atoms with Gasteiger partial charge in [-0.3, -0.25) is 4.79 Å². The number of rotatable bonds is 3. The van der Waals surface area contributed by atoms with Crippen LogP contribution in [-0.4, -0.2) is 30.6 Å². The fourth-order valence-electron chi connectivity index (χ4n) is 2.95. The quantitative estimate of drug-likeness (QED) is 0.858. The largest absolute Gasteiger partial charge is 0.465 e. The van der Waals surface area contributed by atoms with Crippen LogP contribution >= 0.6 is 0 Å². The van der Waals surface area contributed by atoms with Crippen LogP contribution < -0.4 is 5.32 Å². The van der Waals surface area contributed by atoms with E-state index >= 15 is 0 Å².